The topological polar surface area (TPSA) is 101 Å². The van der Waals surface area contributed by atoms with Gasteiger partial charge in [0.1, 0.15) is 0 Å². The minimum Gasteiger partial charge on any atom is -0.400 e. The van der Waals surface area contributed by atoms with Gasteiger partial charge in [-0.05, 0) is 25.3 Å². The minimum absolute atomic E-state index is 0.142. The van der Waals surface area contributed by atoms with E-state index in [0.29, 0.717) is 12.1 Å². The first-order chi connectivity index (χ1) is 14.8. The predicted octanol–water partition coefficient (Wildman–Crippen LogP) is 2.58. The molecule has 0 saturated carbocycles. The van der Waals surface area contributed by atoms with Gasteiger partial charge >= 0.3 is 0 Å². The van der Waals surface area contributed by atoms with Crippen molar-refractivity contribution in [3.8, 4) is 0 Å². The molecule has 1 fully saturated rings. The highest BCUT2D eigenvalue weighted by Crippen LogP contribution is 2.28. The van der Waals surface area contributed by atoms with Crippen molar-refractivity contribution in [3.63, 3.8) is 0 Å². The molecule has 2 aromatic heterocycles. The molecular formula is C22H29N5O3. The van der Waals surface area contributed by atoms with Gasteiger partial charge in [0.15, 0.2) is 5.65 Å². The van der Waals surface area contributed by atoms with Gasteiger partial charge in [-0.3, -0.25) is 4.79 Å². The van der Waals surface area contributed by atoms with Crippen LogP contribution in [0.1, 0.15) is 35.7 Å². The predicted molar refractivity (Wildman–Crippen MR) is 116 cm³/mol. The maximum Gasteiger partial charge on any atom is 0.255 e. The highest BCUT2D eigenvalue weighted by molar-refractivity contribution is 6.06. The Morgan fingerprint density at radius 1 is 1.20 bits per heavy atom. The monoisotopic (exact) mass is 411 g/mol. The minimum atomic E-state index is -0.142. The third kappa shape index (κ3) is 4.95. The molecule has 1 saturated heterocycles. The number of fused-ring (bicyclic) bond motifs is 1. The van der Waals surface area contributed by atoms with Crippen LogP contribution in [0.2, 0.25) is 0 Å². The number of ether oxygens (including phenoxy) is 1. The van der Waals surface area contributed by atoms with Gasteiger partial charge in [0, 0.05) is 45.7 Å². The van der Waals surface area contributed by atoms with E-state index in [0.717, 1.165) is 62.0 Å². The summed E-state index contributed by atoms with van der Waals surface area (Å²) in [4.78, 5) is 17.5. The summed E-state index contributed by atoms with van der Waals surface area (Å²) < 4.78 is 7.31. The summed E-state index contributed by atoms with van der Waals surface area (Å²) in [6.07, 6.45) is 5.27. The molecule has 0 atom stereocenters. The van der Waals surface area contributed by atoms with E-state index in [1.54, 1.807) is 12.4 Å². The largest absolute Gasteiger partial charge is 0.400 e. The highest BCUT2D eigenvalue weighted by Gasteiger charge is 2.22. The van der Waals surface area contributed by atoms with E-state index < -0.39 is 0 Å². The van der Waals surface area contributed by atoms with E-state index in [1.165, 1.54) is 0 Å². The van der Waals surface area contributed by atoms with Crippen molar-refractivity contribution in [1.29, 1.82) is 0 Å². The molecule has 0 radical (unpaired) electrons. The van der Waals surface area contributed by atoms with E-state index in [9.17, 15) is 4.79 Å². The van der Waals surface area contributed by atoms with Crippen molar-refractivity contribution >= 4 is 22.6 Å². The number of hydrogen-bond acceptors (Lipinski definition) is 6. The lowest BCUT2D eigenvalue weighted by molar-refractivity contribution is 0.0904. The van der Waals surface area contributed by atoms with Crippen molar-refractivity contribution in [2.24, 2.45) is 0 Å². The molecule has 160 valence electrons. The molecular weight excluding hydrogens is 382 g/mol. The lowest BCUT2D eigenvalue weighted by Gasteiger charge is -2.25. The Hall–Kier alpha value is -2.97. The number of anilines is 1. The number of aliphatic hydroxyl groups excluding tert-OH is 1. The fraction of sp³-hybridized carbons (Fsp3) is 0.409. The molecule has 3 aromatic rings. The van der Waals surface area contributed by atoms with E-state index >= 15 is 0 Å². The number of rotatable bonds is 6. The first-order valence-electron chi connectivity index (χ1n) is 10.2. The summed E-state index contributed by atoms with van der Waals surface area (Å²) in [5, 5.41) is 18.9. The number of aromatic nitrogens is 3. The molecule has 1 aliphatic rings. The maximum absolute atomic E-state index is 13.0. The average molecular weight is 412 g/mol. The summed E-state index contributed by atoms with van der Waals surface area (Å²) in [5.41, 5.74) is 3.20. The second kappa shape index (κ2) is 10.7. The average Bonchev–Trinajstić information content (AvgIpc) is 3.24. The molecule has 0 aliphatic carbocycles. The molecule has 1 aliphatic heterocycles. The number of hydrogen-bond donors (Lipinski definition) is 3. The zero-order valence-corrected chi connectivity index (χ0v) is 17.5. The fourth-order valence-electron chi connectivity index (χ4n) is 3.51. The number of aryl methyl sites for hydroxylation is 1. The first-order valence-corrected chi connectivity index (χ1v) is 10.2. The zero-order chi connectivity index (χ0) is 21.3. The molecule has 0 spiro atoms. The Bertz CT molecular complexity index is 952. The molecule has 30 heavy (non-hydrogen) atoms. The van der Waals surface area contributed by atoms with E-state index in [4.69, 9.17) is 9.84 Å². The van der Waals surface area contributed by atoms with Gasteiger partial charge in [-0.15, -0.1) is 0 Å². The van der Waals surface area contributed by atoms with Gasteiger partial charge in [0.2, 0.25) is 0 Å². The molecule has 8 heteroatoms. The van der Waals surface area contributed by atoms with Gasteiger partial charge in [0.05, 0.1) is 22.8 Å². The molecule has 3 heterocycles. The van der Waals surface area contributed by atoms with Crippen LogP contribution in [0.25, 0.3) is 11.0 Å². The van der Waals surface area contributed by atoms with Crippen LogP contribution in [-0.4, -0.2) is 52.1 Å². The quantitative estimate of drug-likeness (QED) is 0.576. The Balaban J connectivity index is 0.00000124. The Labute approximate surface area is 176 Å². The van der Waals surface area contributed by atoms with Gasteiger partial charge in [-0.1, -0.05) is 30.3 Å². The number of amides is 1. The number of aliphatic hydroxyl groups is 1. The molecule has 4 rings (SSSR count). The number of pyridine rings is 1. The van der Waals surface area contributed by atoms with Crippen LogP contribution in [-0.2, 0) is 17.8 Å². The summed E-state index contributed by atoms with van der Waals surface area (Å²) in [5.74, 6) is -0.142. The number of benzene rings is 1. The lowest BCUT2D eigenvalue weighted by atomic mass is 10.1. The van der Waals surface area contributed by atoms with Gasteiger partial charge in [0.25, 0.3) is 5.91 Å². The van der Waals surface area contributed by atoms with Crippen molar-refractivity contribution in [2.45, 2.75) is 38.9 Å². The standard InChI is InChI=1S/C21H25N5O2.CH4O/c1-2-26-20-17(14-24-26)19(25-16-8-10-28-11-9-16)18(13-22-20)21(27)23-12-15-6-4-3-5-7-15;1-2/h3-7,13-14,16H,2,8-12H2,1H3,(H,22,25)(H,23,27);2H,1H3. The molecule has 0 bridgehead atoms. The molecule has 3 N–H and O–H groups in total. The van der Waals surface area contributed by atoms with Crippen LogP contribution in [0, 0.1) is 0 Å². The van der Waals surface area contributed by atoms with Crippen LogP contribution in [0.15, 0.2) is 42.7 Å². The fourth-order valence-corrected chi connectivity index (χ4v) is 3.51. The smallest absolute Gasteiger partial charge is 0.255 e. The summed E-state index contributed by atoms with van der Waals surface area (Å²) >= 11 is 0. The van der Waals surface area contributed by atoms with Crippen LogP contribution in [0.5, 0.6) is 0 Å². The van der Waals surface area contributed by atoms with Crippen LogP contribution < -0.4 is 10.6 Å². The maximum atomic E-state index is 13.0. The third-order valence-corrected chi connectivity index (χ3v) is 5.08. The highest BCUT2D eigenvalue weighted by atomic mass is 16.5. The Kier molecular flexibility index (Phi) is 7.75. The van der Waals surface area contributed by atoms with Gasteiger partial charge < -0.3 is 20.5 Å². The SMILES string of the molecule is CCn1ncc2c(NC3CCOCC3)c(C(=O)NCc3ccccc3)cnc21.CO. The molecule has 0 unspecified atom stereocenters. The summed E-state index contributed by atoms with van der Waals surface area (Å²) in [6, 6.07) is 10.1. The molecule has 1 aromatic carbocycles. The summed E-state index contributed by atoms with van der Waals surface area (Å²) in [7, 11) is 1.00. The first kappa shape index (κ1) is 21.7. The van der Waals surface area contributed by atoms with E-state index in [1.807, 2.05) is 41.9 Å². The van der Waals surface area contributed by atoms with Crippen molar-refractivity contribution in [1.82, 2.24) is 20.1 Å². The van der Waals surface area contributed by atoms with Crippen molar-refractivity contribution in [2.75, 3.05) is 25.6 Å². The molecule has 1 amide bonds. The zero-order valence-electron chi connectivity index (χ0n) is 17.5. The van der Waals surface area contributed by atoms with Crippen molar-refractivity contribution < 1.29 is 14.6 Å². The second-order valence-electron chi connectivity index (χ2n) is 6.94. The van der Waals surface area contributed by atoms with E-state index in [-0.39, 0.29) is 11.9 Å². The summed E-state index contributed by atoms with van der Waals surface area (Å²) in [6.45, 7) is 4.70. The second-order valence-corrected chi connectivity index (χ2v) is 6.94. The Morgan fingerprint density at radius 2 is 1.93 bits per heavy atom. The normalized spacial score (nSPS) is 14.1. The number of nitrogens with zero attached hydrogens (tertiary/aromatic N) is 3. The van der Waals surface area contributed by atoms with Gasteiger partial charge in [-0.2, -0.15) is 5.10 Å². The lowest BCUT2D eigenvalue weighted by Crippen LogP contribution is -2.30. The van der Waals surface area contributed by atoms with Crippen molar-refractivity contribution in [3.05, 3.63) is 53.9 Å². The van der Waals surface area contributed by atoms with Gasteiger partial charge in [-0.25, -0.2) is 9.67 Å². The Morgan fingerprint density at radius 3 is 2.63 bits per heavy atom. The number of carbonyl (C=O) groups excluding carboxylic acids is 1. The van der Waals surface area contributed by atoms with E-state index in [2.05, 4.69) is 20.7 Å². The number of carbonyl (C=O) groups is 1. The number of nitrogens with one attached hydrogen (secondary N) is 2. The molecule has 8 nitrogen and oxygen atoms in total. The van der Waals surface area contributed by atoms with Crippen LogP contribution >= 0.6 is 0 Å². The van der Waals surface area contributed by atoms with Crippen LogP contribution in [0.4, 0.5) is 5.69 Å². The third-order valence-electron chi connectivity index (χ3n) is 5.08. The van der Waals surface area contributed by atoms with Crippen LogP contribution in [0.3, 0.4) is 0 Å².